The highest BCUT2D eigenvalue weighted by molar-refractivity contribution is 5.98. The van der Waals surface area contributed by atoms with Gasteiger partial charge < -0.3 is 11.1 Å². The topological polar surface area (TPSA) is 55.1 Å². The van der Waals surface area contributed by atoms with Crippen LogP contribution in [-0.2, 0) is 4.79 Å². The molecule has 3 N–H and O–H groups in total. The van der Waals surface area contributed by atoms with Gasteiger partial charge in [-0.15, -0.1) is 0 Å². The van der Waals surface area contributed by atoms with E-state index >= 15 is 0 Å². The molecule has 0 aromatic heterocycles. The van der Waals surface area contributed by atoms with Crippen molar-refractivity contribution in [2.45, 2.75) is 26.2 Å². The van der Waals surface area contributed by atoms with Crippen LogP contribution in [0.25, 0.3) is 0 Å². The molecule has 0 spiro atoms. The molecule has 0 radical (unpaired) electrons. The van der Waals surface area contributed by atoms with Crippen molar-refractivity contribution >= 4 is 17.3 Å². The van der Waals surface area contributed by atoms with Crippen LogP contribution >= 0.6 is 0 Å². The van der Waals surface area contributed by atoms with Crippen LogP contribution in [0.4, 0.5) is 11.4 Å². The van der Waals surface area contributed by atoms with Gasteiger partial charge >= 0.3 is 0 Å². The van der Waals surface area contributed by atoms with E-state index in [1.807, 2.05) is 44.2 Å². The SMILES string of the molecule is Cc1ccc(N)c(NC(=O)C2CC2c2ccccc2)c1C. The molecular formula is C18H20N2O. The lowest BCUT2D eigenvalue weighted by Gasteiger charge is -2.13. The third-order valence-corrected chi connectivity index (χ3v) is 4.37. The first-order valence-electron chi connectivity index (χ1n) is 7.29. The number of benzene rings is 2. The van der Waals surface area contributed by atoms with Gasteiger partial charge in [0.15, 0.2) is 0 Å². The molecule has 0 heterocycles. The summed E-state index contributed by atoms with van der Waals surface area (Å²) in [6, 6.07) is 14.0. The van der Waals surface area contributed by atoms with Crippen molar-refractivity contribution in [3.05, 3.63) is 59.2 Å². The van der Waals surface area contributed by atoms with Crippen molar-refractivity contribution in [2.75, 3.05) is 11.1 Å². The summed E-state index contributed by atoms with van der Waals surface area (Å²) in [4.78, 5) is 12.4. The third kappa shape index (κ3) is 2.64. The van der Waals surface area contributed by atoms with Crippen molar-refractivity contribution in [3.8, 4) is 0 Å². The van der Waals surface area contributed by atoms with Crippen molar-refractivity contribution in [1.82, 2.24) is 0 Å². The number of carbonyl (C=O) groups excluding carboxylic acids is 1. The van der Waals surface area contributed by atoms with Gasteiger partial charge in [-0.1, -0.05) is 36.4 Å². The molecule has 2 atom stereocenters. The summed E-state index contributed by atoms with van der Waals surface area (Å²) in [5, 5.41) is 3.02. The Labute approximate surface area is 125 Å². The monoisotopic (exact) mass is 280 g/mol. The molecule has 3 nitrogen and oxygen atoms in total. The van der Waals surface area contributed by atoms with E-state index in [1.54, 1.807) is 0 Å². The Hall–Kier alpha value is -2.29. The first-order chi connectivity index (χ1) is 10.1. The number of anilines is 2. The molecule has 2 aromatic rings. The molecule has 3 rings (SSSR count). The van der Waals surface area contributed by atoms with Crippen LogP contribution in [0.15, 0.2) is 42.5 Å². The van der Waals surface area contributed by atoms with E-state index in [9.17, 15) is 4.79 Å². The fourth-order valence-electron chi connectivity index (χ4n) is 2.77. The Morgan fingerprint density at radius 3 is 2.57 bits per heavy atom. The number of amides is 1. The van der Waals surface area contributed by atoms with Crippen molar-refractivity contribution in [3.63, 3.8) is 0 Å². The largest absolute Gasteiger partial charge is 0.397 e. The van der Waals surface area contributed by atoms with E-state index in [0.29, 0.717) is 11.6 Å². The smallest absolute Gasteiger partial charge is 0.228 e. The van der Waals surface area contributed by atoms with Crippen LogP contribution < -0.4 is 11.1 Å². The molecule has 1 aliphatic carbocycles. The highest BCUT2D eigenvalue weighted by Crippen LogP contribution is 2.48. The van der Waals surface area contributed by atoms with Crippen molar-refractivity contribution in [2.24, 2.45) is 5.92 Å². The molecule has 108 valence electrons. The van der Waals surface area contributed by atoms with Crippen molar-refractivity contribution < 1.29 is 4.79 Å². The minimum atomic E-state index is 0.0618. The molecule has 21 heavy (non-hydrogen) atoms. The summed E-state index contributed by atoms with van der Waals surface area (Å²) < 4.78 is 0. The van der Waals surface area contributed by atoms with Gasteiger partial charge in [0, 0.05) is 5.92 Å². The second-order valence-corrected chi connectivity index (χ2v) is 5.82. The second-order valence-electron chi connectivity index (χ2n) is 5.82. The average molecular weight is 280 g/mol. The molecule has 1 fully saturated rings. The fourth-order valence-corrected chi connectivity index (χ4v) is 2.77. The van der Waals surface area contributed by atoms with Gasteiger partial charge in [-0.05, 0) is 48.9 Å². The Morgan fingerprint density at radius 2 is 1.86 bits per heavy atom. The Balaban J connectivity index is 1.73. The van der Waals surface area contributed by atoms with E-state index < -0.39 is 0 Å². The van der Waals surface area contributed by atoms with E-state index in [4.69, 9.17) is 5.73 Å². The number of nitrogens with two attached hydrogens (primary N) is 1. The highest BCUT2D eigenvalue weighted by atomic mass is 16.2. The maximum absolute atomic E-state index is 12.4. The van der Waals surface area contributed by atoms with Crippen LogP contribution in [0.2, 0.25) is 0 Å². The summed E-state index contributed by atoms with van der Waals surface area (Å²) in [6.07, 6.45) is 0.917. The summed E-state index contributed by atoms with van der Waals surface area (Å²) in [6.45, 7) is 4.01. The van der Waals surface area contributed by atoms with Gasteiger partial charge in [0.25, 0.3) is 0 Å². The van der Waals surface area contributed by atoms with Gasteiger partial charge in [-0.3, -0.25) is 4.79 Å². The first-order valence-corrected chi connectivity index (χ1v) is 7.29. The van der Waals surface area contributed by atoms with E-state index in [1.165, 1.54) is 5.56 Å². The molecule has 1 amide bonds. The Kier molecular flexibility index (Phi) is 3.42. The molecule has 0 aliphatic heterocycles. The normalized spacial score (nSPS) is 20.1. The zero-order valence-electron chi connectivity index (χ0n) is 12.4. The number of nitrogens with one attached hydrogen (secondary N) is 1. The third-order valence-electron chi connectivity index (χ3n) is 4.37. The van der Waals surface area contributed by atoms with Crippen LogP contribution in [0.3, 0.4) is 0 Å². The van der Waals surface area contributed by atoms with Crippen LogP contribution in [0.1, 0.15) is 29.0 Å². The number of hydrogen-bond acceptors (Lipinski definition) is 2. The number of aryl methyl sites for hydroxylation is 1. The predicted molar refractivity (Wildman–Crippen MR) is 86.2 cm³/mol. The van der Waals surface area contributed by atoms with Gasteiger partial charge in [0.05, 0.1) is 11.4 Å². The standard InChI is InChI=1S/C18H20N2O/c1-11-8-9-16(19)17(12(11)2)20-18(21)15-10-14(15)13-6-4-3-5-7-13/h3-9,14-15H,10,19H2,1-2H3,(H,20,21). The molecule has 2 unspecified atom stereocenters. The van der Waals surface area contributed by atoms with Crippen molar-refractivity contribution in [1.29, 1.82) is 0 Å². The lowest BCUT2D eigenvalue weighted by molar-refractivity contribution is -0.117. The molecule has 1 saturated carbocycles. The van der Waals surface area contributed by atoms with Gasteiger partial charge in [-0.25, -0.2) is 0 Å². The maximum Gasteiger partial charge on any atom is 0.228 e. The summed E-state index contributed by atoms with van der Waals surface area (Å²) in [5.74, 6) is 0.480. The Morgan fingerprint density at radius 1 is 1.14 bits per heavy atom. The van der Waals surface area contributed by atoms with E-state index in [2.05, 4.69) is 17.4 Å². The predicted octanol–water partition coefficient (Wildman–Crippen LogP) is 3.63. The lowest BCUT2D eigenvalue weighted by Crippen LogP contribution is -2.17. The first kappa shape index (κ1) is 13.7. The summed E-state index contributed by atoms with van der Waals surface area (Å²) in [7, 11) is 0. The lowest BCUT2D eigenvalue weighted by atomic mass is 10.1. The zero-order valence-corrected chi connectivity index (χ0v) is 12.4. The maximum atomic E-state index is 12.4. The molecule has 2 aromatic carbocycles. The van der Waals surface area contributed by atoms with Gasteiger partial charge in [-0.2, -0.15) is 0 Å². The quantitative estimate of drug-likeness (QED) is 0.844. The minimum Gasteiger partial charge on any atom is -0.397 e. The molecular weight excluding hydrogens is 260 g/mol. The van der Waals surface area contributed by atoms with Crippen LogP contribution in [-0.4, -0.2) is 5.91 Å². The minimum absolute atomic E-state index is 0.0618. The molecule has 3 heteroatoms. The molecule has 0 saturated heterocycles. The van der Waals surface area contributed by atoms with Crippen LogP contribution in [0.5, 0.6) is 0 Å². The summed E-state index contributed by atoms with van der Waals surface area (Å²) in [5.41, 5.74) is 10.8. The molecule has 0 bridgehead atoms. The van der Waals surface area contributed by atoms with Gasteiger partial charge in [0.1, 0.15) is 0 Å². The van der Waals surface area contributed by atoms with E-state index in [-0.39, 0.29) is 11.8 Å². The average Bonchev–Trinajstić information content (AvgIpc) is 3.29. The highest BCUT2D eigenvalue weighted by Gasteiger charge is 2.44. The Bertz CT molecular complexity index is 679. The summed E-state index contributed by atoms with van der Waals surface area (Å²) >= 11 is 0. The fraction of sp³-hybridized carbons (Fsp3) is 0.278. The number of hydrogen-bond donors (Lipinski definition) is 2. The van der Waals surface area contributed by atoms with Crippen LogP contribution in [0, 0.1) is 19.8 Å². The van der Waals surface area contributed by atoms with Gasteiger partial charge in [0.2, 0.25) is 5.91 Å². The second kappa shape index (κ2) is 5.24. The number of carbonyl (C=O) groups is 1. The number of nitrogen functional groups attached to an aromatic ring is 1. The molecule has 1 aliphatic rings. The zero-order chi connectivity index (χ0) is 15.0. The van der Waals surface area contributed by atoms with E-state index in [0.717, 1.165) is 23.2 Å². The number of rotatable bonds is 3.